The lowest BCUT2D eigenvalue weighted by atomic mass is 9.80. The minimum absolute atomic E-state index is 0.218. The van der Waals surface area contributed by atoms with Gasteiger partial charge < -0.3 is 19.9 Å². The summed E-state index contributed by atoms with van der Waals surface area (Å²) in [6.07, 6.45) is 2.64. The molecule has 0 bridgehead atoms. The number of aliphatic hydroxyl groups is 1. The molecule has 0 aromatic heterocycles. The molecule has 21 heavy (non-hydrogen) atoms. The summed E-state index contributed by atoms with van der Waals surface area (Å²) in [5.74, 6) is -0.144. The Morgan fingerprint density at radius 3 is 2.67 bits per heavy atom. The van der Waals surface area contributed by atoms with E-state index in [-0.39, 0.29) is 24.6 Å². The van der Waals surface area contributed by atoms with Gasteiger partial charge in [0.15, 0.2) is 5.79 Å². The van der Waals surface area contributed by atoms with Gasteiger partial charge in [-0.1, -0.05) is 30.3 Å². The van der Waals surface area contributed by atoms with Gasteiger partial charge in [0.05, 0.1) is 13.2 Å². The Hall–Kier alpha value is -0.940. The van der Waals surface area contributed by atoms with E-state index in [0.717, 1.165) is 19.3 Å². The van der Waals surface area contributed by atoms with Crippen molar-refractivity contribution in [3.63, 3.8) is 0 Å². The van der Waals surface area contributed by atoms with E-state index in [1.807, 2.05) is 6.07 Å². The number of nitrogens with one attached hydrogen (secondary N) is 1. The largest absolute Gasteiger partial charge is 0.396 e. The summed E-state index contributed by atoms with van der Waals surface area (Å²) in [6, 6.07) is 10.9. The van der Waals surface area contributed by atoms with Crippen LogP contribution in [-0.2, 0) is 9.47 Å². The van der Waals surface area contributed by atoms with E-state index in [0.29, 0.717) is 13.2 Å². The maximum Gasteiger partial charge on any atom is 0.170 e. The van der Waals surface area contributed by atoms with Gasteiger partial charge in [-0.25, -0.2) is 0 Å². The molecule has 116 valence electrons. The molecule has 2 N–H and O–H groups in total. The summed E-state index contributed by atoms with van der Waals surface area (Å²) in [5.41, 5.74) is 1.27. The monoisotopic (exact) mass is 291 g/mol. The van der Waals surface area contributed by atoms with Crippen LogP contribution in [0.4, 0.5) is 0 Å². The van der Waals surface area contributed by atoms with Crippen molar-refractivity contribution >= 4 is 0 Å². The molecule has 1 saturated carbocycles. The molecule has 4 nitrogen and oxygen atoms in total. The number of aliphatic hydroxyl groups excluding tert-OH is 1. The molecule has 3 unspecified atom stereocenters. The van der Waals surface area contributed by atoms with Crippen LogP contribution in [0.3, 0.4) is 0 Å². The highest BCUT2D eigenvalue weighted by atomic mass is 16.7. The van der Waals surface area contributed by atoms with E-state index in [9.17, 15) is 5.11 Å². The Balaban J connectivity index is 1.68. The first-order valence-corrected chi connectivity index (χ1v) is 7.92. The third-order valence-corrected chi connectivity index (χ3v) is 4.81. The smallest absolute Gasteiger partial charge is 0.170 e. The van der Waals surface area contributed by atoms with Crippen molar-refractivity contribution in [3.8, 4) is 0 Å². The van der Waals surface area contributed by atoms with Crippen LogP contribution in [0.5, 0.6) is 0 Å². The number of ether oxygens (including phenoxy) is 2. The van der Waals surface area contributed by atoms with Gasteiger partial charge in [-0.2, -0.15) is 0 Å². The molecule has 0 radical (unpaired) electrons. The highest BCUT2D eigenvalue weighted by Gasteiger charge is 2.45. The Labute approximate surface area is 126 Å². The fourth-order valence-corrected chi connectivity index (χ4v) is 3.54. The van der Waals surface area contributed by atoms with Gasteiger partial charge in [0.1, 0.15) is 0 Å². The molecule has 4 heteroatoms. The molecule has 0 amide bonds. The standard InChI is InChI=1S/C17H25NO3/c1-13(14-5-3-2-4-6-14)18-16-11-17(20-9-10-21-17)8-7-15(16)12-19/h2-6,13,15-16,18-19H,7-12H2,1H3. The average molecular weight is 291 g/mol. The van der Waals surface area contributed by atoms with Crippen molar-refractivity contribution in [2.24, 2.45) is 5.92 Å². The Bertz CT molecular complexity index is 445. The van der Waals surface area contributed by atoms with Crippen LogP contribution in [0.1, 0.15) is 37.8 Å². The fraction of sp³-hybridized carbons (Fsp3) is 0.647. The molecule has 1 aliphatic carbocycles. The van der Waals surface area contributed by atoms with Crippen molar-refractivity contribution in [2.75, 3.05) is 19.8 Å². The van der Waals surface area contributed by atoms with Gasteiger partial charge in [0, 0.05) is 31.5 Å². The van der Waals surface area contributed by atoms with Crippen LogP contribution in [0, 0.1) is 5.92 Å². The number of hydrogen-bond donors (Lipinski definition) is 2. The van der Waals surface area contributed by atoms with E-state index in [1.54, 1.807) is 0 Å². The molecule has 1 aromatic rings. The van der Waals surface area contributed by atoms with Crippen molar-refractivity contribution < 1.29 is 14.6 Å². The second kappa shape index (κ2) is 6.44. The lowest BCUT2D eigenvalue weighted by molar-refractivity contribution is -0.190. The zero-order valence-electron chi connectivity index (χ0n) is 12.6. The summed E-state index contributed by atoms with van der Waals surface area (Å²) in [4.78, 5) is 0. The normalized spacial score (nSPS) is 29.6. The van der Waals surface area contributed by atoms with E-state index < -0.39 is 5.79 Å². The van der Waals surface area contributed by atoms with Gasteiger partial charge >= 0.3 is 0 Å². The van der Waals surface area contributed by atoms with Crippen molar-refractivity contribution in [2.45, 2.75) is 44.1 Å². The average Bonchev–Trinajstić information content (AvgIpc) is 2.96. The third kappa shape index (κ3) is 3.29. The molecular weight excluding hydrogens is 266 g/mol. The first-order chi connectivity index (χ1) is 10.2. The van der Waals surface area contributed by atoms with Gasteiger partial charge in [0.25, 0.3) is 0 Å². The molecule has 2 aliphatic rings. The fourth-order valence-electron chi connectivity index (χ4n) is 3.54. The molecule has 1 heterocycles. The third-order valence-electron chi connectivity index (χ3n) is 4.81. The second-order valence-electron chi connectivity index (χ2n) is 6.20. The zero-order chi connectivity index (χ0) is 14.7. The zero-order valence-corrected chi connectivity index (χ0v) is 12.6. The van der Waals surface area contributed by atoms with Crippen molar-refractivity contribution in [1.29, 1.82) is 0 Å². The van der Waals surface area contributed by atoms with E-state index in [4.69, 9.17) is 9.47 Å². The van der Waals surface area contributed by atoms with Crippen molar-refractivity contribution in [3.05, 3.63) is 35.9 Å². The quantitative estimate of drug-likeness (QED) is 0.893. The van der Waals surface area contributed by atoms with Crippen LogP contribution in [-0.4, -0.2) is 36.8 Å². The van der Waals surface area contributed by atoms with Gasteiger partial charge in [0.2, 0.25) is 0 Å². The topological polar surface area (TPSA) is 50.7 Å². The summed E-state index contributed by atoms with van der Waals surface area (Å²) >= 11 is 0. The second-order valence-corrected chi connectivity index (χ2v) is 6.20. The molecule has 2 fully saturated rings. The van der Waals surface area contributed by atoms with Crippen molar-refractivity contribution in [1.82, 2.24) is 5.32 Å². The Morgan fingerprint density at radius 2 is 2.00 bits per heavy atom. The summed E-state index contributed by atoms with van der Waals surface area (Å²) < 4.78 is 11.7. The molecule has 1 aliphatic heterocycles. The maximum absolute atomic E-state index is 9.65. The van der Waals surface area contributed by atoms with E-state index in [2.05, 4.69) is 36.5 Å². The van der Waals surface area contributed by atoms with Crippen LogP contribution >= 0.6 is 0 Å². The first kappa shape index (κ1) is 15.0. The lowest BCUT2D eigenvalue weighted by Crippen LogP contribution is -2.50. The molecule has 1 saturated heterocycles. The summed E-state index contributed by atoms with van der Waals surface area (Å²) in [6.45, 7) is 3.76. The Kier molecular flexibility index (Phi) is 4.60. The molecule has 1 spiro atoms. The van der Waals surface area contributed by atoms with Crippen LogP contribution < -0.4 is 5.32 Å². The van der Waals surface area contributed by atoms with Crippen LogP contribution in [0.25, 0.3) is 0 Å². The molecule has 3 rings (SSSR count). The lowest BCUT2D eigenvalue weighted by Gasteiger charge is -2.42. The van der Waals surface area contributed by atoms with E-state index in [1.165, 1.54) is 5.56 Å². The number of hydrogen-bond acceptors (Lipinski definition) is 4. The molecule has 1 aromatic carbocycles. The summed E-state index contributed by atoms with van der Waals surface area (Å²) in [5, 5.41) is 13.3. The SMILES string of the molecule is CC(NC1CC2(CCC1CO)OCCO2)c1ccccc1. The van der Waals surface area contributed by atoms with Crippen LogP contribution in [0.15, 0.2) is 30.3 Å². The van der Waals surface area contributed by atoms with Gasteiger partial charge in [-0.3, -0.25) is 0 Å². The highest BCUT2D eigenvalue weighted by molar-refractivity contribution is 5.18. The minimum Gasteiger partial charge on any atom is -0.396 e. The number of benzene rings is 1. The first-order valence-electron chi connectivity index (χ1n) is 7.92. The predicted molar refractivity (Wildman–Crippen MR) is 80.8 cm³/mol. The molecular formula is C17H25NO3. The minimum atomic E-state index is -0.417. The van der Waals surface area contributed by atoms with Gasteiger partial charge in [-0.15, -0.1) is 0 Å². The maximum atomic E-state index is 9.65. The predicted octanol–water partition coefficient (Wildman–Crippen LogP) is 2.24. The Morgan fingerprint density at radius 1 is 1.29 bits per heavy atom. The van der Waals surface area contributed by atoms with Crippen LogP contribution in [0.2, 0.25) is 0 Å². The van der Waals surface area contributed by atoms with Gasteiger partial charge in [-0.05, 0) is 24.8 Å². The highest BCUT2D eigenvalue weighted by Crippen LogP contribution is 2.39. The van der Waals surface area contributed by atoms with E-state index >= 15 is 0 Å². The number of rotatable bonds is 4. The molecule has 3 atom stereocenters. The summed E-state index contributed by atoms with van der Waals surface area (Å²) in [7, 11) is 0.